The van der Waals surface area contributed by atoms with Gasteiger partial charge >= 0.3 is 0 Å². The predicted molar refractivity (Wildman–Crippen MR) is 119 cm³/mol. The lowest BCUT2D eigenvalue weighted by Gasteiger charge is -2.31. The van der Waals surface area contributed by atoms with Crippen LogP contribution in [0.25, 0.3) is 0 Å². The van der Waals surface area contributed by atoms with Crippen LogP contribution in [0.15, 0.2) is 53.6 Å². The van der Waals surface area contributed by atoms with Crippen LogP contribution in [0.2, 0.25) is 0 Å². The van der Waals surface area contributed by atoms with Crippen molar-refractivity contribution in [2.45, 2.75) is 57.1 Å². The lowest BCUT2D eigenvalue weighted by atomic mass is 9.84. The average molecular weight is 423 g/mol. The smallest absolute Gasteiger partial charge is 0.283 e. The fourth-order valence-corrected chi connectivity index (χ4v) is 4.54. The molecule has 31 heavy (non-hydrogen) atoms. The Bertz CT molecular complexity index is 933. The molecule has 0 saturated heterocycles. The molecule has 4 rings (SSSR count). The molecule has 0 spiro atoms. The van der Waals surface area contributed by atoms with Crippen molar-refractivity contribution < 1.29 is 19.4 Å². The summed E-state index contributed by atoms with van der Waals surface area (Å²) in [6.07, 6.45) is 6.67. The summed E-state index contributed by atoms with van der Waals surface area (Å²) in [6, 6.07) is 15.1. The maximum absolute atomic E-state index is 12.9. The van der Waals surface area contributed by atoms with Crippen molar-refractivity contribution in [3.8, 4) is 11.5 Å². The van der Waals surface area contributed by atoms with E-state index in [1.165, 1.54) is 37.7 Å². The van der Waals surface area contributed by atoms with Crippen LogP contribution in [0.1, 0.15) is 62.5 Å². The molecular weight excluding hydrogens is 392 g/mol. The molecule has 1 saturated carbocycles. The number of methoxy groups -OCH3 is 1. The summed E-state index contributed by atoms with van der Waals surface area (Å²) in [4.78, 5) is 12.9. The number of carbonyl (C=O) groups excluding carboxylic acids is 1. The van der Waals surface area contributed by atoms with Gasteiger partial charge in [0.1, 0.15) is 11.5 Å². The Hall–Kier alpha value is -2.86. The first kappa shape index (κ1) is 21.4. The summed E-state index contributed by atoms with van der Waals surface area (Å²) >= 11 is 0. The van der Waals surface area contributed by atoms with E-state index in [0.29, 0.717) is 28.7 Å². The van der Waals surface area contributed by atoms with E-state index >= 15 is 0 Å². The van der Waals surface area contributed by atoms with Crippen LogP contribution in [0.4, 0.5) is 0 Å². The van der Waals surface area contributed by atoms with Gasteiger partial charge in [-0.3, -0.25) is 4.79 Å². The van der Waals surface area contributed by atoms with E-state index in [-0.39, 0.29) is 13.0 Å². The van der Waals surface area contributed by atoms with E-state index in [0.717, 1.165) is 5.01 Å². The second-order valence-electron chi connectivity index (χ2n) is 8.46. The molecule has 6 heteroatoms. The highest BCUT2D eigenvalue weighted by molar-refractivity contribution is 5.89. The zero-order valence-electron chi connectivity index (χ0n) is 18.2. The summed E-state index contributed by atoms with van der Waals surface area (Å²) < 4.78 is 10.9. The molecule has 1 atom stereocenters. The number of carbonyl (C=O) groups is 1. The van der Waals surface area contributed by atoms with Crippen molar-refractivity contribution >= 4 is 11.6 Å². The number of benzene rings is 2. The van der Waals surface area contributed by atoms with E-state index in [9.17, 15) is 9.90 Å². The van der Waals surface area contributed by atoms with E-state index in [4.69, 9.17) is 9.47 Å². The highest BCUT2D eigenvalue weighted by Crippen LogP contribution is 2.36. The predicted octanol–water partition coefficient (Wildman–Crippen LogP) is 4.58. The van der Waals surface area contributed by atoms with Crippen molar-refractivity contribution in [2.24, 2.45) is 5.10 Å². The molecule has 1 fully saturated rings. The zero-order chi connectivity index (χ0) is 21.8. The van der Waals surface area contributed by atoms with Crippen LogP contribution >= 0.6 is 0 Å². The quantitative estimate of drug-likeness (QED) is 0.740. The van der Waals surface area contributed by atoms with E-state index < -0.39 is 11.6 Å². The average Bonchev–Trinajstić information content (AvgIpc) is 3.13. The lowest BCUT2D eigenvalue weighted by molar-refractivity contribution is -0.159. The number of hydrogen-bond donors (Lipinski definition) is 1. The van der Waals surface area contributed by atoms with Gasteiger partial charge < -0.3 is 14.6 Å². The lowest BCUT2D eigenvalue weighted by Crippen LogP contribution is -2.45. The first-order valence-electron chi connectivity index (χ1n) is 11.0. The van der Waals surface area contributed by atoms with Gasteiger partial charge in [0.25, 0.3) is 5.91 Å². The molecule has 6 nitrogen and oxygen atoms in total. The number of aliphatic hydroxyl groups is 1. The molecular formula is C25H30N2O4. The third-order valence-electron chi connectivity index (χ3n) is 6.23. The largest absolute Gasteiger partial charge is 0.497 e. The molecule has 2 aromatic rings. The van der Waals surface area contributed by atoms with Crippen LogP contribution in [0, 0.1) is 0 Å². The van der Waals surface area contributed by atoms with E-state index in [2.05, 4.69) is 17.2 Å². The maximum atomic E-state index is 12.9. The molecule has 0 bridgehead atoms. The summed E-state index contributed by atoms with van der Waals surface area (Å²) in [5.74, 6) is 1.55. The molecule has 1 aliphatic carbocycles. The fourth-order valence-electron chi connectivity index (χ4n) is 4.54. The van der Waals surface area contributed by atoms with Gasteiger partial charge in [0.05, 0.1) is 7.11 Å². The minimum Gasteiger partial charge on any atom is -0.497 e. The topological polar surface area (TPSA) is 71.4 Å². The Balaban J connectivity index is 1.41. The SMILES string of the molecule is COc1ccc([C@@]2(O)CC(C)=NN2C(=O)COc2ccc(C3CCCCC3)cc2)cc1. The van der Waals surface area contributed by atoms with Crippen LogP contribution in [-0.2, 0) is 10.5 Å². The first-order chi connectivity index (χ1) is 15.0. The van der Waals surface area contributed by atoms with Gasteiger partial charge in [0.2, 0.25) is 0 Å². The van der Waals surface area contributed by atoms with Crippen molar-refractivity contribution in [1.29, 1.82) is 0 Å². The zero-order valence-corrected chi connectivity index (χ0v) is 18.2. The Kier molecular flexibility index (Phi) is 6.28. The number of nitrogens with zero attached hydrogens (tertiary/aromatic N) is 2. The molecule has 0 aromatic heterocycles. The van der Waals surface area contributed by atoms with Crippen LogP contribution in [0.3, 0.4) is 0 Å². The normalized spacial score (nSPS) is 21.6. The number of ether oxygens (including phenoxy) is 2. The van der Waals surface area contributed by atoms with Gasteiger partial charge in [-0.1, -0.05) is 43.5 Å². The maximum Gasteiger partial charge on any atom is 0.283 e. The molecule has 0 unspecified atom stereocenters. The Labute approximate surface area is 183 Å². The molecule has 1 N–H and O–H groups in total. The Morgan fingerprint density at radius 1 is 1.06 bits per heavy atom. The third-order valence-corrected chi connectivity index (χ3v) is 6.23. The standard InChI is InChI=1S/C25H30N2O4/c1-18-16-25(29,21-10-14-22(30-2)15-11-21)27(26-18)24(28)17-31-23-12-8-20(9-13-23)19-6-4-3-5-7-19/h8-15,19,29H,3-7,16-17H2,1-2H3/t25-/m0/s1. The summed E-state index contributed by atoms with van der Waals surface area (Å²) in [7, 11) is 1.58. The summed E-state index contributed by atoms with van der Waals surface area (Å²) in [5.41, 5.74) is 1.08. The van der Waals surface area contributed by atoms with Gasteiger partial charge in [0, 0.05) is 17.7 Å². The van der Waals surface area contributed by atoms with Gasteiger partial charge in [-0.05, 0) is 55.5 Å². The molecule has 0 radical (unpaired) electrons. The van der Waals surface area contributed by atoms with Crippen molar-refractivity contribution in [3.63, 3.8) is 0 Å². The third kappa shape index (κ3) is 4.59. The number of hydrazone groups is 1. The van der Waals surface area contributed by atoms with Crippen LogP contribution < -0.4 is 9.47 Å². The molecule has 1 aliphatic heterocycles. The molecule has 2 aliphatic rings. The van der Waals surface area contributed by atoms with E-state index in [1.807, 2.05) is 12.1 Å². The Morgan fingerprint density at radius 3 is 2.35 bits per heavy atom. The number of hydrogen-bond acceptors (Lipinski definition) is 5. The van der Waals surface area contributed by atoms with Crippen LogP contribution in [0.5, 0.6) is 11.5 Å². The van der Waals surface area contributed by atoms with Gasteiger partial charge in [-0.25, -0.2) is 0 Å². The van der Waals surface area contributed by atoms with Crippen molar-refractivity contribution in [1.82, 2.24) is 5.01 Å². The molecule has 164 valence electrons. The van der Waals surface area contributed by atoms with Crippen molar-refractivity contribution in [2.75, 3.05) is 13.7 Å². The van der Waals surface area contributed by atoms with Crippen LogP contribution in [-0.4, -0.2) is 35.5 Å². The van der Waals surface area contributed by atoms with Gasteiger partial charge in [-0.2, -0.15) is 10.1 Å². The highest BCUT2D eigenvalue weighted by Gasteiger charge is 2.44. The van der Waals surface area contributed by atoms with Gasteiger partial charge in [0.15, 0.2) is 12.3 Å². The number of rotatable bonds is 6. The summed E-state index contributed by atoms with van der Waals surface area (Å²) in [5, 5.41) is 16.7. The fraction of sp³-hybridized carbons (Fsp3) is 0.440. The second-order valence-corrected chi connectivity index (χ2v) is 8.46. The molecule has 1 amide bonds. The second kappa shape index (κ2) is 9.10. The molecule has 1 heterocycles. The minimum absolute atomic E-state index is 0.196. The number of amides is 1. The minimum atomic E-state index is -1.53. The Morgan fingerprint density at radius 2 is 1.71 bits per heavy atom. The summed E-state index contributed by atoms with van der Waals surface area (Å²) in [6.45, 7) is 1.60. The first-order valence-corrected chi connectivity index (χ1v) is 11.0. The van der Waals surface area contributed by atoms with Gasteiger partial charge in [-0.15, -0.1) is 0 Å². The monoisotopic (exact) mass is 422 g/mol. The van der Waals surface area contributed by atoms with Crippen molar-refractivity contribution in [3.05, 3.63) is 59.7 Å². The van der Waals surface area contributed by atoms with E-state index in [1.54, 1.807) is 38.3 Å². The molecule has 2 aromatic carbocycles. The highest BCUT2D eigenvalue weighted by atomic mass is 16.5.